The van der Waals surface area contributed by atoms with E-state index in [0.717, 1.165) is 54.0 Å². The van der Waals surface area contributed by atoms with Crippen molar-refractivity contribution in [2.45, 2.75) is 13.5 Å². The molecule has 0 aliphatic carbocycles. The van der Waals surface area contributed by atoms with Crippen molar-refractivity contribution in [3.05, 3.63) is 40.4 Å². The van der Waals surface area contributed by atoms with Gasteiger partial charge in [-0.1, -0.05) is 23.7 Å². The first-order valence-corrected chi connectivity index (χ1v) is 9.37. The Labute approximate surface area is 151 Å². The minimum absolute atomic E-state index is 0.0378. The molecular formula is C17H21ClN4OS. The standard InChI is InChI=1S/C17H21ClN4OS/c1-2-19-17(23)22-9-7-21(8-10-22)11-15-12-24-16(20-15)13-3-5-14(18)6-4-13/h3-6,12H,2,7-11H2,1H3,(H,19,23). The lowest BCUT2D eigenvalue weighted by Crippen LogP contribution is -2.51. The quantitative estimate of drug-likeness (QED) is 0.905. The molecule has 0 spiro atoms. The zero-order valence-corrected chi connectivity index (χ0v) is 15.2. The highest BCUT2D eigenvalue weighted by molar-refractivity contribution is 7.13. The summed E-state index contributed by atoms with van der Waals surface area (Å²) in [7, 11) is 0. The van der Waals surface area contributed by atoms with E-state index in [9.17, 15) is 4.79 Å². The highest BCUT2D eigenvalue weighted by Gasteiger charge is 2.21. The maximum Gasteiger partial charge on any atom is 0.317 e. The SMILES string of the molecule is CCNC(=O)N1CCN(Cc2csc(-c3ccc(Cl)cc3)n2)CC1. The Hall–Kier alpha value is -1.63. The normalized spacial score (nSPS) is 15.5. The van der Waals surface area contributed by atoms with E-state index in [2.05, 4.69) is 15.6 Å². The predicted octanol–water partition coefficient (Wildman–Crippen LogP) is 3.31. The summed E-state index contributed by atoms with van der Waals surface area (Å²) < 4.78 is 0. The highest BCUT2D eigenvalue weighted by atomic mass is 35.5. The summed E-state index contributed by atoms with van der Waals surface area (Å²) in [6.07, 6.45) is 0. The number of carbonyl (C=O) groups excluding carboxylic acids is 1. The number of carbonyl (C=O) groups is 1. The number of rotatable bonds is 4. The van der Waals surface area contributed by atoms with Crippen molar-refractivity contribution in [3.63, 3.8) is 0 Å². The zero-order chi connectivity index (χ0) is 16.9. The van der Waals surface area contributed by atoms with Gasteiger partial charge in [0, 0.05) is 55.2 Å². The number of hydrogen-bond donors (Lipinski definition) is 1. The minimum atomic E-state index is 0.0378. The molecule has 1 aromatic heterocycles. The monoisotopic (exact) mass is 364 g/mol. The molecule has 1 saturated heterocycles. The van der Waals surface area contributed by atoms with Crippen LogP contribution in [0.1, 0.15) is 12.6 Å². The molecule has 0 saturated carbocycles. The lowest BCUT2D eigenvalue weighted by atomic mass is 10.2. The van der Waals surface area contributed by atoms with Crippen molar-refractivity contribution >= 4 is 29.0 Å². The number of halogens is 1. The van der Waals surface area contributed by atoms with Gasteiger partial charge in [0.05, 0.1) is 5.69 Å². The number of piperazine rings is 1. The second-order valence-corrected chi connectivity index (χ2v) is 7.04. The molecule has 2 aromatic rings. The van der Waals surface area contributed by atoms with E-state index in [1.165, 1.54) is 0 Å². The topological polar surface area (TPSA) is 48.5 Å². The first-order chi connectivity index (χ1) is 11.7. The van der Waals surface area contributed by atoms with Crippen LogP contribution < -0.4 is 5.32 Å². The van der Waals surface area contributed by atoms with Gasteiger partial charge >= 0.3 is 6.03 Å². The zero-order valence-electron chi connectivity index (χ0n) is 13.7. The summed E-state index contributed by atoms with van der Waals surface area (Å²) in [5.74, 6) is 0. The van der Waals surface area contributed by atoms with Gasteiger partial charge in [0.15, 0.2) is 0 Å². The van der Waals surface area contributed by atoms with Crippen molar-refractivity contribution in [1.82, 2.24) is 20.1 Å². The molecule has 2 heterocycles. The van der Waals surface area contributed by atoms with Gasteiger partial charge in [-0.15, -0.1) is 11.3 Å². The van der Waals surface area contributed by atoms with Crippen molar-refractivity contribution in [2.75, 3.05) is 32.7 Å². The number of amides is 2. The fourth-order valence-electron chi connectivity index (χ4n) is 2.71. The van der Waals surface area contributed by atoms with E-state index < -0.39 is 0 Å². The number of thiazole rings is 1. The first-order valence-electron chi connectivity index (χ1n) is 8.11. The van der Waals surface area contributed by atoms with Crippen LogP contribution in [0.3, 0.4) is 0 Å². The highest BCUT2D eigenvalue weighted by Crippen LogP contribution is 2.25. The average Bonchev–Trinajstić information content (AvgIpc) is 3.05. The molecule has 24 heavy (non-hydrogen) atoms. The first kappa shape index (κ1) is 17.2. The smallest absolute Gasteiger partial charge is 0.317 e. The molecule has 128 valence electrons. The van der Waals surface area contributed by atoms with Crippen molar-refractivity contribution in [1.29, 1.82) is 0 Å². The van der Waals surface area contributed by atoms with Crippen LogP contribution >= 0.6 is 22.9 Å². The number of nitrogens with one attached hydrogen (secondary N) is 1. The molecule has 0 unspecified atom stereocenters. The summed E-state index contributed by atoms with van der Waals surface area (Å²) in [5.41, 5.74) is 2.17. The number of aromatic nitrogens is 1. The predicted molar refractivity (Wildman–Crippen MR) is 98.5 cm³/mol. The molecule has 0 atom stereocenters. The fraction of sp³-hybridized carbons (Fsp3) is 0.412. The minimum Gasteiger partial charge on any atom is -0.338 e. The van der Waals surface area contributed by atoms with Gasteiger partial charge in [0.2, 0.25) is 0 Å². The molecule has 7 heteroatoms. The molecule has 2 amide bonds. The van der Waals surface area contributed by atoms with Crippen LogP contribution in [0.4, 0.5) is 4.79 Å². The number of urea groups is 1. The van der Waals surface area contributed by atoms with Gasteiger partial charge < -0.3 is 10.2 Å². The van der Waals surface area contributed by atoms with Gasteiger partial charge in [-0.3, -0.25) is 4.90 Å². The molecule has 1 aromatic carbocycles. The van der Waals surface area contributed by atoms with Crippen LogP contribution in [0.25, 0.3) is 10.6 Å². The third-order valence-corrected chi connectivity index (χ3v) is 5.21. The summed E-state index contributed by atoms with van der Waals surface area (Å²) in [5, 5.41) is 6.72. The van der Waals surface area contributed by atoms with E-state index in [1.807, 2.05) is 36.1 Å². The molecule has 0 bridgehead atoms. The van der Waals surface area contributed by atoms with E-state index in [4.69, 9.17) is 16.6 Å². The fourth-order valence-corrected chi connectivity index (χ4v) is 3.65. The van der Waals surface area contributed by atoms with Crippen molar-refractivity contribution in [3.8, 4) is 10.6 Å². The van der Waals surface area contributed by atoms with E-state index in [1.54, 1.807) is 11.3 Å². The lowest BCUT2D eigenvalue weighted by molar-refractivity contribution is 0.135. The number of hydrogen-bond acceptors (Lipinski definition) is 4. The molecule has 1 fully saturated rings. The third kappa shape index (κ3) is 4.26. The van der Waals surface area contributed by atoms with Crippen molar-refractivity contribution in [2.24, 2.45) is 0 Å². The molecule has 1 N–H and O–H groups in total. The van der Waals surface area contributed by atoms with Crippen LogP contribution in [-0.4, -0.2) is 53.5 Å². The van der Waals surface area contributed by atoms with Gasteiger partial charge in [-0.05, 0) is 19.1 Å². The maximum atomic E-state index is 11.8. The second-order valence-electron chi connectivity index (χ2n) is 5.75. The van der Waals surface area contributed by atoms with Crippen molar-refractivity contribution < 1.29 is 4.79 Å². The summed E-state index contributed by atoms with van der Waals surface area (Å²) in [4.78, 5) is 20.8. The largest absolute Gasteiger partial charge is 0.338 e. The van der Waals surface area contributed by atoms with Crippen LogP contribution in [0.2, 0.25) is 5.02 Å². The van der Waals surface area contributed by atoms with Crippen LogP contribution in [0, 0.1) is 0 Å². The van der Waals surface area contributed by atoms with Gasteiger partial charge in [-0.2, -0.15) is 0 Å². The second kappa shape index (κ2) is 7.96. The molecule has 5 nitrogen and oxygen atoms in total. The Morgan fingerprint density at radius 2 is 1.96 bits per heavy atom. The van der Waals surface area contributed by atoms with Crippen LogP contribution in [-0.2, 0) is 6.54 Å². The van der Waals surface area contributed by atoms with E-state index in [-0.39, 0.29) is 6.03 Å². The Kier molecular flexibility index (Phi) is 5.71. The van der Waals surface area contributed by atoms with Gasteiger partial charge in [0.1, 0.15) is 5.01 Å². The number of benzene rings is 1. The summed E-state index contributed by atoms with van der Waals surface area (Å²) in [6.45, 7) is 6.73. The summed E-state index contributed by atoms with van der Waals surface area (Å²) >= 11 is 7.58. The Bertz CT molecular complexity index is 680. The molecule has 1 aliphatic rings. The Balaban J connectivity index is 1.54. The molecule has 0 radical (unpaired) electrons. The third-order valence-electron chi connectivity index (χ3n) is 4.02. The molecule has 1 aliphatic heterocycles. The number of nitrogens with zero attached hydrogens (tertiary/aromatic N) is 3. The Morgan fingerprint density at radius 3 is 2.62 bits per heavy atom. The maximum absolute atomic E-state index is 11.8. The van der Waals surface area contributed by atoms with Gasteiger partial charge in [0.25, 0.3) is 0 Å². The van der Waals surface area contributed by atoms with Crippen LogP contribution in [0.5, 0.6) is 0 Å². The molecule has 3 rings (SSSR count). The van der Waals surface area contributed by atoms with Gasteiger partial charge in [-0.25, -0.2) is 9.78 Å². The average molecular weight is 365 g/mol. The van der Waals surface area contributed by atoms with E-state index >= 15 is 0 Å². The molecular weight excluding hydrogens is 344 g/mol. The summed E-state index contributed by atoms with van der Waals surface area (Å²) in [6, 6.07) is 7.80. The van der Waals surface area contributed by atoms with E-state index in [0.29, 0.717) is 6.54 Å². The lowest BCUT2D eigenvalue weighted by Gasteiger charge is -2.34. The Morgan fingerprint density at radius 1 is 1.25 bits per heavy atom. The van der Waals surface area contributed by atoms with Crippen LogP contribution in [0.15, 0.2) is 29.6 Å².